The molecule has 0 saturated carbocycles. The minimum Gasteiger partial charge on any atom is -0.395 e. The van der Waals surface area contributed by atoms with Crippen LogP contribution in [0.5, 0.6) is 0 Å². The molecule has 0 radical (unpaired) electrons. The van der Waals surface area contributed by atoms with E-state index >= 15 is 0 Å². The molecule has 0 aliphatic rings. The van der Waals surface area contributed by atoms with E-state index in [1.807, 2.05) is 13.8 Å². The van der Waals surface area contributed by atoms with Crippen molar-refractivity contribution in [3.63, 3.8) is 0 Å². The Labute approximate surface area is 125 Å². The van der Waals surface area contributed by atoms with Gasteiger partial charge in [-0.3, -0.25) is 0 Å². The Bertz CT molecular complexity index is 523. The lowest BCUT2D eigenvalue weighted by atomic mass is 10.4. The van der Waals surface area contributed by atoms with Crippen LogP contribution in [0.25, 0.3) is 0 Å². The smallest absolute Gasteiger partial charge is 0.244 e. The van der Waals surface area contributed by atoms with Gasteiger partial charge in [-0.15, -0.1) is 17.9 Å². The van der Waals surface area contributed by atoms with E-state index in [0.717, 1.165) is 4.88 Å². The minimum atomic E-state index is -3.56. The summed E-state index contributed by atoms with van der Waals surface area (Å²) in [6.45, 7) is 8.34. The molecule has 0 atom stereocenters. The van der Waals surface area contributed by atoms with Crippen LogP contribution in [0.1, 0.15) is 18.7 Å². The van der Waals surface area contributed by atoms with E-state index in [9.17, 15) is 8.42 Å². The summed E-state index contributed by atoms with van der Waals surface area (Å²) in [7, 11) is -3.56. The van der Waals surface area contributed by atoms with Crippen LogP contribution in [0.2, 0.25) is 0 Å². The van der Waals surface area contributed by atoms with Crippen molar-refractivity contribution in [2.75, 3.05) is 19.7 Å². The maximum atomic E-state index is 12.4. The Kier molecular flexibility index (Phi) is 6.84. The van der Waals surface area contributed by atoms with E-state index < -0.39 is 10.0 Å². The van der Waals surface area contributed by atoms with Crippen molar-refractivity contribution in [1.29, 1.82) is 0 Å². The lowest BCUT2D eigenvalue weighted by molar-refractivity contribution is 0.260. The van der Waals surface area contributed by atoms with Gasteiger partial charge in [-0.05, 0) is 6.07 Å². The molecule has 0 fully saturated rings. The van der Waals surface area contributed by atoms with E-state index in [2.05, 4.69) is 11.9 Å². The minimum absolute atomic E-state index is 0.0732. The van der Waals surface area contributed by atoms with Gasteiger partial charge in [-0.2, -0.15) is 4.31 Å². The van der Waals surface area contributed by atoms with Gasteiger partial charge in [-0.25, -0.2) is 8.42 Å². The second kappa shape index (κ2) is 7.90. The fraction of sp³-hybridized carbons (Fsp3) is 0.538. The van der Waals surface area contributed by atoms with Gasteiger partial charge < -0.3 is 10.4 Å². The molecule has 20 heavy (non-hydrogen) atoms. The zero-order valence-corrected chi connectivity index (χ0v) is 13.5. The highest BCUT2D eigenvalue weighted by atomic mass is 32.2. The maximum absolute atomic E-state index is 12.4. The lowest BCUT2D eigenvalue weighted by Gasteiger charge is -2.18. The average Bonchev–Trinajstić information content (AvgIpc) is 2.85. The summed E-state index contributed by atoms with van der Waals surface area (Å²) >= 11 is 1.42. The lowest BCUT2D eigenvalue weighted by Crippen LogP contribution is -2.33. The number of sulfonamides is 1. The van der Waals surface area contributed by atoms with Crippen LogP contribution in [0.4, 0.5) is 0 Å². The molecule has 0 amide bonds. The van der Waals surface area contributed by atoms with E-state index in [-0.39, 0.29) is 24.6 Å². The number of hydrogen-bond acceptors (Lipinski definition) is 5. The number of nitrogens with zero attached hydrogens (tertiary/aromatic N) is 1. The molecule has 1 aromatic rings. The van der Waals surface area contributed by atoms with Crippen LogP contribution in [0.15, 0.2) is 29.0 Å². The Balaban J connectivity index is 2.88. The van der Waals surface area contributed by atoms with Crippen molar-refractivity contribution in [3.8, 4) is 0 Å². The van der Waals surface area contributed by atoms with Gasteiger partial charge >= 0.3 is 0 Å². The van der Waals surface area contributed by atoms with Crippen LogP contribution >= 0.6 is 11.3 Å². The predicted molar refractivity (Wildman–Crippen MR) is 82.3 cm³/mol. The maximum Gasteiger partial charge on any atom is 0.244 e. The molecule has 2 N–H and O–H groups in total. The monoisotopic (exact) mass is 318 g/mol. The van der Waals surface area contributed by atoms with Gasteiger partial charge in [-0.1, -0.05) is 19.9 Å². The number of nitrogens with one attached hydrogen (secondary N) is 1. The van der Waals surface area contributed by atoms with Crippen LogP contribution in [-0.4, -0.2) is 43.6 Å². The summed E-state index contributed by atoms with van der Waals surface area (Å²) in [6.07, 6.45) is 1.51. The number of aliphatic hydroxyl groups excluding tert-OH is 1. The van der Waals surface area contributed by atoms with Crippen molar-refractivity contribution < 1.29 is 13.5 Å². The van der Waals surface area contributed by atoms with Crippen LogP contribution in [0.3, 0.4) is 0 Å². The molecule has 0 unspecified atom stereocenters. The third-order valence-corrected chi connectivity index (χ3v) is 5.56. The molecular weight excluding hydrogens is 296 g/mol. The van der Waals surface area contributed by atoms with E-state index in [1.165, 1.54) is 21.7 Å². The molecular formula is C13H22N2O3S2. The number of rotatable bonds is 9. The molecule has 114 valence electrons. The zero-order chi connectivity index (χ0) is 15.2. The molecule has 7 heteroatoms. The topological polar surface area (TPSA) is 69.6 Å². The van der Waals surface area contributed by atoms with Gasteiger partial charge in [0, 0.05) is 35.9 Å². The number of hydrogen-bond donors (Lipinski definition) is 2. The molecule has 0 aliphatic heterocycles. The SMILES string of the molecule is C=CCN(CCO)S(=O)(=O)c1csc(CNC(C)C)c1. The first-order valence-electron chi connectivity index (χ1n) is 6.44. The summed E-state index contributed by atoms with van der Waals surface area (Å²) in [5.41, 5.74) is 0. The van der Waals surface area contributed by atoms with E-state index in [0.29, 0.717) is 12.6 Å². The van der Waals surface area contributed by atoms with Gasteiger partial charge in [0.2, 0.25) is 10.0 Å². The second-order valence-corrected chi connectivity index (χ2v) is 7.59. The fourth-order valence-corrected chi connectivity index (χ4v) is 4.22. The molecule has 0 saturated heterocycles. The fourth-order valence-electron chi connectivity index (χ4n) is 1.61. The van der Waals surface area contributed by atoms with Gasteiger partial charge in [0.05, 0.1) is 11.5 Å². The highest BCUT2D eigenvalue weighted by Crippen LogP contribution is 2.22. The van der Waals surface area contributed by atoms with Gasteiger partial charge in [0.1, 0.15) is 0 Å². The van der Waals surface area contributed by atoms with Crippen molar-refractivity contribution in [2.24, 2.45) is 0 Å². The Morgan fingerprint density at radius 2 is 2.25 bits per heavy atom. The predicted octanol–water partition coefficient (Wildman–Crippen LogP) is 1.42. The molecule has 1 rings (SSSR count). The summed E-state index contributed by atoms with van der Waals surface area (Å²) < 4.78 is 26.1. The molecule has 0 aliphatic carbocycles. The summed E-state index contributed by atoms with van der Waals surface area (Å²) in [5, 5.41) is 13.9. The first-order chi connectivity index (χ1) is 9.41. The van der Waals surface area contributed by atoms with Crippen molar-refractivity contribution >= 4 is 21.4 Å². The molecule has 0 bridgehead atoms. The number of thiophene rings is 1. The molecule has 1 heterocycles. The Hall–Kier alpha value is -0.730. The molecule has 0 spiro atoms. The zero-order valence-electron chi connectivity index (χ0n) is 11.9. The van der Waals surface area contributed by atoms with Gasteiger partial charge in [0.15, 0.2) is 0 Å². The summed E-state index contributed by atoms with van der Waals surface area (Å²) in [6, 6.07) is 2.03. The number of aliphatic hydroxyl groups is 1. The molecule has 1 aromatic heterocycles. The van der Waals surface area contributed by atoms with Crippen molar-refractivity contribution in [3.05, 3.63) is 29.0 Å². The van der Waals surface area contributed by atoms with Crippen LogP contribution in [0, 0.1) is 0 Å². The third-order valence-electron chi connectivity index (χ3n) is 2.63. The van der Waals surface area contributed by atoms with Crippen molar-refractivity contribution in [1.82, 2.24) is 9.62 Å². The largest absolute Gasteiger partial charge is 0.395 e. The quantitative estimate of drug-likeness (QED) is 0.676. The highest BCUT2D eigenvalue weighted by Gasteiger charge is 2.24. The molecule has 0 aromatic carbocycles. The second-order valence-electron chi connectivity index (χ2n) is 4.66. The average molecular weight is 318 g/mol. The summed E-state index contributed by atoms with van der Waals surface area (Å²) in [4.78, 5) is 1.25. The van der Waals surface area contributed by atoms with E-state index in [1.54, 1.807) is 11.4 Å². The van der Waals surface area contributed by atoms with Crippen molar-refractivity contribution in [2.45, 2.75) is 31.3 Å². The first kappa shape index (κ1) is 17.3. The van der Waals surface area contributed by atoms with Crippen LogP contribution in [-0.2, 0) is 16.6 Å². The normalized spacial score (nSPS) is 12.2. The molecule has 5 nitrogen and oxygen atoms in total. The standard InChI is InChI=1S/C13H22N2O3S2/c1-4-5-15(6-7-16)20(17,18)13-8-12(19-10-13)9-14-11(2)3/h4,8,10-11,14,16H,1,5-7,9H2,2-3H3. The van der Waals surface area contributed by atoms with E-state index in [4.69, 9.17) is 5.11 Å². The van der Waals surface area contributed by atoms with Gasteiger partial charge in [0.25, 0.3) is 0 Å². The van der Waals surface area contributed by atoms with Crippen LogP contribution < -0.4 is 5.32 Å². The highest BCUT2D eigenvalue weighted by molar-refractivity contribution is 7.89. The third kappa shape index (κ3) is 4.68. The summed E-state index contributed by atoms with van der Waals surface area (Å²) in [5.74, 6) is 0. The first-order valence-corrected chi connectivity index (χ1v) is 8.76. The Morgan fingerprint density at radius 3 is 2.80 bits per heavy atom. The Morgan fingerprint density at radius 1 is 1.55 bits per heavy atom.